The molecular formula is C13H16N2O3S. The van der Waals surface area contributed by atoms with Crippen LogP contribution in [0.3, 0.4) is 0 Å². The summed E-state index contributed by atoms with van der Waals surface area (Å²) in [4.78, 5) is 12.3. The second kappa shape index (κ2) is 4.23. The van der Waals surface area contributed by atoms with Gasteiger partial charge in [-0.25, -0.2) is 12.7 Å². The predicted octanol–water partition coefficient (Wildman–Crippen LogP) is 1.60. The number of anilines is 1. The van der Waals surface area contributed by atoms with Crippen molar-refractivity contribution < 1.29 is 13.2 Å². The van der Waals surface area contributed by atoms with Gasteiger partial charge in [-0.2, -0.15) is 0 Å². The van der Waals surface area contributed by atoms with Gasteiger partial charge >= 0.3 is 0 Å². The van der Waals surface area contributed by atoms with Gasteiger partial charge in [0.1, 0.15) is 4.90 Å². The summed E-state index contributed by atoms with van der Waals surface area (Å²) in [6.45, 7) is 0.301. The van der Waals surface area contributed by atoms with Gasteiger partial charge in [0, 0.05) is 12.2 Å². The maximum absolute atomic E-state index is 12.4. The van der Waals surface area contributed by atoms with Crippen molar-refractivity contribution in [2.45, 2.75) is 30.6 Å². The fourth-order valence-corrected chi connectivity index (χ4v) is 4.58. The van der Waals surface area contributed by atoms with E-state index >= 15 is 0 Å². The molecule has 1 aromatic rings. The number of hydrogen-bond donors (Lipinski definition) is 1. The molecule has 1 aliphatic carbocycles. The van der Waals surface area contributed by atoms with Crippen molar-refractivity contribution in [3.8, 4) is 0 Å². The van der Waals surface area contributed by atoms with Crippen LogP contribution in [0.25, 0.3) is 0 Å². The first-order valence-corrected chi connectivity index (χ1v) is 7.91. The number of nitrogens with zero attached hydrogens (tertiary/aromatic N) is 1. The number of fused-ring (bicyclic) bond motifs is 1. The third kappa shape index (κ3) is 1.90. The Labute approximate surface area is 112 Å². The highest BCUT2D eigenvalue weighted by Gasteiger charge is 2.42. The minimum atomic E-state index is -3.70. The van der Waals surface area contributed by atoms with Gasteiger partial charge in [-0.1, -0.05) is 12.8 Å². The number of nitrogen functional groups attached to an aromatic ring is 1. The van der Waals surface area contributed by atoms with Crippen LogP contribution in [0.1, 0.15) is 36.0 Å². The zero-order valence-electron chi connectivity index (χ0n) is 10.5. The van der Waals surface area contributed by atoms with Gasteiger partial charge in [-0.15, -0.1) is 0 Å². The Kier molecular flexibility index (Phi) is 2.78. The normalized spacial score (nSPS) is 21.9. The average Bonchev–Trinajstić information content (AvgIpc) is 2.92. The zero-order chi connectivity index (χ0) is 13.6. The van der Waals surface area contributed by atoms with Gasteiger partial charge in [-0.3, -0.25) is 4.79 Å². The van der Waals surface area contributed by atoms with Crippen LogP contribution in [-0.4, -0.2) is 25.2 Å². The van der Waals surface area contributed by atoms with Crippen LogP contribution in [0.15, 0.2) is 23.1 Å². The fourth-order valence-electron chi connectivity index (χ4n) is 2.90. The van der Waals surface area contributed by atoms with Crippen LogP contribution in [0.4, 0.5) is 5.69 Å². The SMILES string of the molecule is Nc1ccc2c(c1)S(=O)(=O)N(CC1CCCC1)C2=O. The molecule has 0 unspecified atom stereocenters. The van der Waals surface area contributed by atoms with Gasteiger partial charge in [-0.05, 0) is 37.0 Å². The molecule has 1 amide bonds. The summed E-state index contributed by atoms with van der Waals surface area (Å²) in [6, 6.07) is 4.43. The standard InChI is InChI=1S/C13H16N2O3S/c14-10-5-6-11-12(7-10)19(17,18)15(13(11)16)8-9-3-1-2-4-9/h5-7,9H,1-4,8,14H2. The van der Waals surface area contributed by atoms with Gasteiger partial charge in [0.2, 0.25) is 0 Å². The third-order valence-electron chi connectivity index (χ3n) is 3.93. The zero-order valence-corrected chi connectivity index (χ0v) is 11.3. The summed E-state index contributed by atoms with van der Waals surface area (Å²) < 4.78 is 25.8. The molecule has 19 heavy (non-hydrogen) atoms. The van der Waals surface area contributed by atoms with Crippen molar-refractivity contribution in [3.63, 3.8) is 0 Å². The Hall–Kier alpha value is -1.56. The minimum absolute atomic E-state index is 0.0514. The van der Waals surface area contributed by atoms with Crippen molar-refractivity contribution in [1.29, 1.82) is 0 Å². The molecule has 2 aliphatic rings. The Balaban J connectivity index is 1.98. The first-order valence-electron chi connectivity index (χ1n) is 6.47. The van der Waals surface area contributed by atoms with Crippen molar-refractivity contribution in [1.82, 2.24) is 4.31 Å². The molecule has 0 saturated heterocycles. The fraction of sp³-hybridized carbons (Fsp3) is 0.462. The first kappa shape index (κ1) is 12.5. The Morgan fingerprint density at radius 2 is 1.95 bits per heavy atom. The van der Waals surface area contributed by atoms with Crippen molar-refractivity contribution >= 4 is 21.6 Å². The number of benzene rings is 1. The highest BCUT2D eigenvalue weighted by molar-refractivity contribution is 7.90. The summed E-state index contributed by atoms with van der Waals surface area (Å²) in [5, 5.41) is 0. The smallest absolute Gasteiger partial charge is 0.269 e. The molecule has 1 heterocycles. The van der Waals surface area contributed by atoms with E-state index in [0.29, 0.717) is 18.2 Å². The minimum Gasteiger partial charge on any atom is -0.399 e. The molecule has 0 aromatic heterocycles. The lowest BCUT2D eigenvalue weighted by atomic mass is 10.1. The first-order chi connectivity index (χ1) is 9.00. The lowest BCUT2D eigenvalue weighted by Gasteiger charge is -2.19. The Bertz CT molecular complexity index is 633. The van der Waals surface area contributed by atoms with Crippen LogP contribution in [0.5, 0.6) is 0 Å². The highest BCUT2D eigenvalue weighted by atomic mass is 32.2. The molecule has 1 aliphatic heterocycles. The topological polar surface area (TPSA) is 80.5 Å². The summed E-state index contributed by atoms with van der Waals surface area (Å²) >= 11 is 0. The molecule has 0 radical (unpaired) electrons. The molecule has 1 aromatic carbocycles. The molecule has 0 spiro atoms. The van der Waals surface area contributed by atoms with E-state index < -0.39 is 15.9 Å². The van der Waals surface area contributed by atoms with E-state index in [1.54, 1.807) is 6.07 Å². The highest BCUT2D eigenvalue weighted by Crippen LogP contribution is 2.34. The van der Waals surface area contributed by atoms with Gasteiger partial charge in [0.05, 0.1) is 5.56 Å². The van der Waals surface area contributed by atoms with Gasteiger partial charge < -0.3 is 5.73 Å². The number of hydrogen-bond acceptors (Lipinski definition) is 4. The molecule has 1 fully saturated rings. The van der Waals surface area contributed by atoms with Crippen LogP contribution in [0.2, 0.25) is 0 Å². The van der Waals surface area contributed by atoms with E-state index in [1.807, 2.05) is 0 Å². The second-order valence-electron chi connectivity index (χ2n) is 5.25. The molecule has 2 N–H and O–H groups in total. The third-order valence-corrected chi connectivity index (χ3v) is 5.72. The van der Waals surface area contributed by atoms with E-state index in [0.717, 1.165) is 30.0 Å². The van der Waals surface area contributed by atoms with Crippen LogP contribution >= 0.6 is 0 Å². The van der Waals surface area contributed by atoms with E-state index in [2.05, 4.69) is 0 Å². The van der Waals surface area contributed by atoms with Crippen molar-refractivity contribution in [2.24, 2.45) is 5.92 Å². The summed E-state index contributed by atoms with van der Waals surface area (Å²) in [5.41, 5.74) is 6.21. The maximum Gasteiger partial charge on any atom is 0.269 e. The maximum atomic E-state index is 12.4. The summed E-state index contributed by atoms with van der Waals surface area (Å²) in [7, 11) is -3.70. The Morgan fingerprint density at radius 3 is 2.63 bits per heavy atom. The molecular weight excluding hydrogens is 264 g/mol. The number of sulfonamides is 1. The van der Waals surface area contributed by atoms with Crippen LogP contribution in [-0.2, 0) is 10.0 Å². The number of carbonyl (C=O) groups is 1. The van der Waals surface area contributed by atoms with E-state index in [4.69, 9.17) is 5.73 Å². The predicted molar refractivity (Wildman–Crippen MR) is 71.0 cm³/mol. The molecule has 1 saturated carbocycles. The lowest BCUT2D eigenvalue weighted by Crippen LogP contribution is -2.34. The van der Waals surface area contributed by atoms with Gasteiger partial charge in [0.25, 0.3) is 15.9 Å². The van der Waals surface area contributed by atoms with E-state index in [-0.39, 0.29) is 10.5 Å². The average molecular weight is 280 g/mol. The molecule has 0 atom stereocenters. The second-order valence-corrected chi connectivity index (χ2v) is 7.08. The number of rotatable bonds is 2. The number of carbonyl (C=O) groups excluding carboxylic acids is 1. The van der Waals surface area contributed by atoms with Crippen molar-refractivity contribution in [2.75, 3.05) is 12.3 Å². The van der Waals surface area contributed by atoms with E-state index in [9.17, 15) is 13.2 Å². The largest absolute Gasteiger partial charge is 0.399 e. The van der Waals surface area contributed by atoms with Gasteiger partial charge in [0.15, 0.2) is 0 Å². The number of amides is 1. The van der Waals surface area contributed by atoms with Crippen LogP contribution < -0.4 is 5.73 Å². The molecule has 102 valence electrons. The summed E-state index contributed by atoms with van der Waals surface area (Å²) in [5.74, 6) is -0.118. The summed E-state index contributed by atoms with van der Waals surface area (Å²) in [6.07, 6.45) is 4.23. The van der Waals surface area contributed by atoms with E-state index in [1.165, 1.54) is 12.1 Å². The Morgan fingerprint density at radius 1 is 1.26 bits per heavy atom. The lowest BCUT2D eigenvalue weighted by molar-refractivity contribution is 0.0857. The van der Waals surface area contributed by atoms with Crippen molar-refractivity contribution in [3.05, 3.63) is 23.8 Å². The quantitative estimate of drug-likeness (QED) is 0.834. The van der Waals surface area contributed by atoms with Crippen LogP contribution in [0, 0.1) is 5.92 Å². The molecule has 6 heteroatoms. The molecule has 5 nitrogen and oxygen atoms in total. The number of nitrogens with two attached hydrogens (primary N) is 1. The monoisotopic (exact) mass is 280 g/mol. The molecule has 0 bridgehead atoms. The molecule has 3 rings (SSSR count).